The second-order valence-electron chi connectivity index (χ2n) is 3.15. The summed E-state index contributed by atoms with van der Waals surface area (Å²) >= 11 is 5.79. The molecule has 0 aliphatic carbocycles. The Bertz CT molecular complexity index is 306. The molecule has 2 nitrogen and oxygen atoms in total. The van der Waals surface area contributed by atoms with Crippen LogP contribution < -0.4 is 5.32 Å². The van der Waals surface area contributed by atoms with Gasteiger partial charge in [-0.3, -0.25) is 0 Å². The maximum Gasteiger partial charge on any atom is 0.117 e. The van der Waals surface area contributed by atoms with Crippen LogP contribution in [-0.2, 0) is 0 Å². The topological polar surface area (TPSA) is 32.3 Å². The summed E-state index contributed by atoms with van der Waals surface area (Å²) in [5.74, 6) is 0. The highest BCUT2D eigenvalue weighted by atomic mass is 35.5. The highest BCUT2D eigenvalue weighted by Gasteiger charge is 2.04. The zero-order valence-corrected chi connectivity index (χ0v) is 8.68. The van der Waals surface area contributed by atoms with Gasteiger partial charge in [0.15, 0.2) is 0 Å². The van der Waals surface area contributed by atoms with Crippen LogP contribution in [0.1, 0.15) is 5.56 Å². The summed E-state index contributed by atoms with van der Waals surface area (Å²) in [5, 5.41) is 12.6. The van der Waals surface area contributed by atoms with Gasteiger partial charge in [-0.15, -0.1) is 0 Å². The van der Waals surface area contributed by atoms with Crippen molar-refractivity contribution in [2.45, 2.75) is 13.0 Å². The zero-order chi connectivity index (χ0) is 10.6. The average Bonchev–Trinajstić information content (AvgIpc) is 2.19. The number of anilines is 1. The molecule has 0 saturated carbocycles. The van der Waals surface area contributed by atoms with E-state index in [1.807, 2.05) is 13.0 Å². The molecule has 0 saturated heterocycles. The van der Waals surface area contributed by atoms with Crippen LogP contribution in [0.3, 0.4) is 0 Å². The Labute approximate surface area is 87.7 Å². The number of benzene rings is 1. The number of hydrogen-bond donors (Lipinski definition) is 2. The van der Waals surface area contributed by atoms with Crippen molar-refractivity contribution in [2.75, 3.05) is 18.5 Å². The van der Waals surface area contributed by atoms with Gasteiger partial charge in [-0.2, -0.15) is 0 Å². The molecular formula is C10H13ClFNO. The Morgan fingerprint density at radius 3 is 2.93 bits per heavy atom. The van der Waals surface area contributed by atoms with E-state index in [1.54, 1.807) is 12.1 Å². The third kappa shape index (κ3) is 3.16. The van der Waals surface area contributed by atoms with Crippen LogP contribution >= 0.6 is 11.6 Å². The Balaban J connectivity index is 2.62. The number of aliphatic hydroxyl groups is 1. The third-order valence-corrected chi connectivity index (χ3v) is 2.14. The monoisotopic (exact) mass is 217 g/mol. The molecule has 78 valence electrons. The maximum atomic E-state index is 12.0. The number of aliphatic hydroxyl groups excluding tert-OH is 1. The van der Waals surface area contributed by atoms with Crippen LogP contribution in [-0.4, -0.2) is 24.4 Å². The Kier molecular flexibility index (Phi) is 4.17. The lowest BCUT2D eigenvalue weighted by atomic mass is 10.2. The first-order chi connectivity index (χ1) is 6.63. The van der Waals surface area contributed by atoms with Crippen LogP contribution in [0.15, 0.2) is 18.2 Å². The molecule has 2 N–H and O–H groups in total. The fraction of sp³-hybridized carbons (Fsp3) is 0.400. The molecule has 0 amide bonds. The summed E-state index contributed by atoms with van der Waals surface area (Å²) in [6.45, 7) is 1.37. The van der Waals surface area contributed by atoms with Gasteiger partial charge in [0.25, 0.3) is 0 Å². The van der Waals surface area contributed by atoms with Gasteiger partial charge in [-0.1, -0.05) is 17.7 Å². The van der Waals surface area contributed by atoms with Gasteiger partial charge in [-0.25, -0.2) is 4.39 Å². The van der Waals surface area contributed by atoms with Gasteiger partial charge in [0.2, 0.25) is 0 Å². The van der Waals surface area contributed by atoms with Gasteiger partial charge < -0.3 is 10.4 Å². The summed E-state index contributed by atoms with van der Waals surface area (Å²) < 4.78 is 12.0. The first-order valence-corrected chi connectivity index (χ1v) is 4.75. The molecule has 0 spiro atoms. The minimum Gasteiger partial charge on any atom is -0.389 e. The van der Waals surface area contributed by atoms with E-state index in [0.717, 1.165) is 11.3 Å². The van der Waals surface area contributed by atoms with Crippen molar-refractivity contribution in [1.82, 2.24) is 0 Å². The highest BCUT2D eigenvalue weighted by molar-refractivity contribution is 6.30. The van der Waals surface area contributed by atoms with E-state index in [4.69, 9.17) is 16.7 Å². The summed E-state index contributed by atoms with van der Waals surface area (Å²) in [5.41, 5.74) is 1.84. The lowest BCUT2D eigenvalue weighted by Gasteiger charge is -2.11. The van der Waals surface area contributed by atoms with Crippen molar-refractivity contribution < 1.29 is 9.50 Å². The number of nitrogens with one attached hydrogen (secondary N) is 1. The Morgan fingerprint density at radius 2 is 2.29 bits per heavy atom. The number of alkyl halides is 1. The van der Waals surface area contributed by atoms with E-state index >= 15 is 0 Å². The van der Waals surface area contributed by atoms with E-state index in [0.29, 0.717) is 5.02 Å². The fourth-order valence-corrected chi connectivity index (χ4v) is 1.24. The number of hydrogen-bond acceptors (Lipinski definition) is 2. The summed E-state index contributed by atoms with van der Waals surface area (Å²) in [6, 6.07) is 5.40. The van der Waals surface area contributed by atoms with Crippen LogP contribution in [0, 0.1) is 6.92 Å². The lowest BCUT2D eigenvalue weighted by molar-refractivity contribution is 0.151. The highest BCUT2D eigenvalue weighted by Crippen LogP contribution is 2.19. The van der Waals surface area contributed by atoms with E-state index in [2.05, 4.69) is 5.32 Å². The molecule has 1 atom stereocenters. The SMILES string of the molecule is Cc1ccc(Cl)cc1NCC(O)CF. The first kappa shape index (κ1) is 11.3. The Morgan fingerprint density at radius 1 is 1.57 bits per heavy atom. The molecule has 0 fully saturated rings. The largest absolute Gasteiger partial charge is 0.389 e. The van der Waals surface area contributed by atoms with Crippen molar-refractivity contribution in [3.8, 4) is 0 Å². The van der Waals surface area contributed by atoms with Crippen molar-refractivity contribution in [3.05, 3.63) is 28.8 Å². The molecule has 0 heterocycles. The standard InChI is InChI=1S/C10H13ClFNO/c1-7-2-3-8(11)4-10(7)13-6-9(14)5-12/h2-4,9,13-14H,5-6H2,1H3. The maximum absolute atomic E-state index is 12.0. The molecule has 0 bridgehead atoms. The predicted molar refractivity (Wildman–Crippen MR) is 56.7 cm³/mol. The molecule has 0 radical (unpaired) electrons. The smallest absolute Gasteiger partial charge is 0.117 e. The van der Waals surface area contributed by atoms with Gasteiger partial charge >= 0.3 is 0 Å². The lowest BCUT2D eigenvalue weighted by Crippen LogP contribution is -2.21. The number of halogens is 2. The molecule has 14 heavy (non-hydrogen) atoms. The molecule has 0 aliphatic rings. The number of rotatable bonds is 4. The molecule has 0 aliphatic heterocycles. The van der Waals surface area contributed by atoms with Crippen LogP contribution in [0.25, 0.3) is 0 Å². The summed E-state index contributed by atoms with van der Waals surface area (Å²) in [6.07, 6.45) is -0.964. The average molecular weight is 218 g/mol. The van der Waals surface area contributed by atoms with Gasteiger partial charge in [0.05, 0.1) is 6.10 Å². The van der Waals surface area contributed by atoms with Crippen LogP contribution in [0.2, 0.25) is 5.02 Å². The minimum atomic E-state index is -0.964. The molecule has 1 unspecified atom stereocenters. The van der Waals surface area contributed by atoms with E-state index in [9.17, 15) is 4.39 Å². The van der Waals surface area contributed by atoms with Crippen molar-refractivity contribution >= 4 is 17.3 Å². The minimum absolute atomic E-state index is 0.192. The Hall–Kier alpha value is -0.800. The van der Waals surface area contributed by atoms with E-state index in [1.165, 1.54) is 0 Å². The molecule has 4 heteroatoms. The second-order valence-corrected chi connectivity index (χ2v) is 3.58. The second kappa shape index (κ2) is 5.17. The third-order valence-electron chi connectivity index (χ3n) is 1.91. The van der Waals surface area contributed by atoms with Gasteiger partial charge in [0.1, 0.15) is 6.67 Å². The van der Waals surface area contributed by atoms with Crippen molar-refractivity contribution in [2.24, 2.45) is 0 Å². The molecule has 0 aromatic heterocycles. The van der Waals surface area contributed by atoms with Crippen LogP contribution in [0.5, 0.6) is 0 Å². The quantitative estimate of drug-likeness (QED) is 0.812. The zero-order valence-electron chi connectivity index (χ0n) is 7.93. The normalized spacial score (nSPS) is 12.6. The predicted octanol–water partition coefficient (Wildman–Crippen LogP) is 2.39. The van der Waals surface area contributed by atoms with E-state index in [-0.39, 0.29) is 6.54 Å². The van der Waals surface area contributed by atoms with Crippen molar-refractivity contribution in [1.29, 1.82) is 0 Å². The molecule has 1 rings (SSSR count). The van der Waals surface area contributed by atoms with Crippen LogP contribution in [0.4, 0.5) is 10.1 Å². The summed E-state index contributed by atoms with van der Waals surface area (Å²) in [4.78, 5) is 0. The van der Waals surface area contributed by atoms with E-state index < -0.39 is 12.8 Å². The van der Waals surface area contributed by atoms with Gasteiger partial charge in [0, 0.05) is 17.3 Å². The van der Waals surface area contributed by atoms with Crippen molar-refractivity contribution in [3.63, 3.8) is 0 Å². The number of aryl methyl sites for hydroxylation is 1. The van der Waals surface area contributed by atoms with Gasteiger partial charge in [-0.05, 0) is 24.6 Å². The molecule has 1 aromatic carbocycles. The fourth-order valence-electron chi connectivity index (χ4n) is 1.07. The first-order valence-electron chi connectivity index (χ1n) is 4.37. The summed E-state index contributed by atoms with van der Waals surface area (Å²) in [7, 11) is 0. The molecule has 1 aromatic rings. The molecular weight excluding hydrogens is 205 g/mol.